The van der Waals surface area contributed by atoms with Crippen LogP contribution in [0.25, 0.3) is 17.0 Å². The van der Waals surface area contributed by atoms with Crippen molar-refractivity contribution >= 4 is 34.2 Å². The Morgan fingerprint density at radius 3 is 2.83 bits per heavy atom. The van der Waals surface area contributed by atoms with E-state index in [1.165, 1.54) is 10.9 Å². The van der Waals surface area contributed by atoms with Crippen molar-refractivity contribution in [3.8, 4) is 5.75 Å². The van der Waals surface area contributed by atoms with Crippen LogP contribution >= 0.6 is 11.3 Å². The smallest absolute Gasteiger partial charge is 0.244 e. The molecule has 4 rings (SSSR count). The van der Waals surface area contributed by atoms with E-state index >= 15 is 0 Å². The number of fused-ring (bicyclic) bond motifs is 1. The highest BCUT2D eigenvalue weighted by atomic mass is 32.1. The number of aromatic nitrogens is 2. The minimum atomic E-state index is -0.103. The van der Waals surface area contributed by atoms with Gasteiger partial charge >= 0.3 is 0 Å². The molecule has 152 valence electrons. The standard InChI is InChI=1S/C24H23N3O2S/c1-17-27-20(16-30-17)15-29-21-9-6-18(7-10-21)8-11-24(28)25-13-12-19-14-26-23-5-3-2-4-22(19)23/h2-11,14,16,26H,12-13,15H2,1H3,(H,25,28)/b11-8+. The lowest BCUT2D eigenvalue weighted by molar-refractivity contribution is -0.116. The van der Waals surface area contributed by atoms with E-state index in [-0.39, 0.29) is 5.91 Å². The Hall–Kier alpha value is -3.38. The Balaban J connectivity index is 1.23. The van der Waals surface area contributed by atoms with E-state index in [2.05, 4.69) is 27.4 Å². The number of para-hydroxylation sites is 1. The first-order chi connectivity index (χ1) is 14.7. The number of benzene rings is 2. The number of amides is 1. The van der Waals surface area contributed by atoms with E-state index in [9.17, 15) is 4.79 Å². The third kappa shape index (κ3) is 5.15. The van der Waals surface area contributed by atoms with Gasteiger partial charge in [0.25, 0.3) is 0 Å². The van der Waals surface area contributed by atoms with Crippen LogP contribution in [0.3, 0.4) is 0 Å². The van der Waals surface area contributed by atoms with Gasteiger partial charge in [-0.1, -0.05) is 30.3 Å². The molecule has 0 saturated heterocycles. The fourth-order valence-corrected chi connectivity index (χ4v) is 3.79. The number of hydrogen-bond acceptors (Lipinski definition) is 4. The van der Waals surface area contributed by atoms with Crippen molar-refractivity contribution in [1.82, 2.24) is 15.3 Å². The van der Waals surface area contributed by atoms with E-state index in [1.54, 1.807) is 23.5 Å². The summed E-state index contributed by atoms with van der Waals surface area (Å²) < 4.78 is 5.74. The van der Waals surface area contributed by atoms with Gasteiger partial charge in [-0.05, 0) is 48.7 Å². The van der Waals surface area contributed by atoms with Gasteiger partial charge in [0.2, 0.25) is 5.91 Å². The van der Waals surface area contributed by atoms with Gasteiger partial charge < -0.3 is 15.0 Å². The molecule has 2 N–H and O–H groups in total. The van der Waals surface area contributed by atoms with Crippen LogP contribution in [0.1, 0.15) is 21.8 Å². The SMILES string of the molecule is Cc1nc(COc2ccc(/C=C/C(=O)NCCc3c[nH]c4ccccc34)cc2)cs1. The zero-order chi connectivity index (χ0) is 20.8. The topological polar surface area (TPSA) is 67.0 Å². The van der Waals surface area contributed by atoms with Crippen molar-refractivity contribution < 1.29 is 9.53 Å². The Labute approximate surface area is 179 Å². The molecule has 6 heteroatoms. The maximum Gasteiger partial charge on any atom is 0.244 e. The Morgan fingerprint density at radius 1 is 1.20 bits per heavy atom. The summed E-state index contributed by atoms with van der Waals surface area (Å²) in [5.74, 6) is 0.676. The molecule has 30 heavy (non-hydrogen) atoms. The molecule has 1 amide bonds. The van der Waals surface area contributed by atoms with Crippen LogP contribution in [0.4, 0.5) is 0 Å². The number of nitrogens with zero attached hydrogens (tertiary/aromatic N) is 1. The summed E-state index contributed by atoms with van der Waals surface area (Å²) in [4.78, 5) is 19.7. The molecular formula is C24H23N3O2S. The highest BCUT2D eigenvalue weighted by Crippen LogP contribution is 2.18. The average Bonchev–Trinajstić information content (AvgIpc) is 3.38. The van der Waals surface area contributed by atoms with Gasteiger partial charge in [0, 0.05) is 35.1 Å². The number of carbonyl (C=O) groups excluding carboxylic acids is 1. The average molecular weight is 418 g/mol. The lowest BCUT2D eigenvalue weighted by Gasteiger charge is -2.04. The summed E-state index contributed by atoms with van der Waals surface area (Å²) in [6.45, 7) is 3.03. The molecule has 0 spiro atoms. The van der Waals surface area contributed by atoms with Crippen LogP contribution in [0.2, 0.25) is 0 Å². The molecule has 0 radical (unpaired) electrons. The molecule has 0 bridgehead atoms. The van der Waals surface area contributed by atoms with Crippen LogP contribution in [0, 0.1) is 6.92 Å². The van der Waals surface area contributed by atoms with Crippen LogP contribution < -0.4 is 10.1 Å². The highest BCUT2D eigenvalue weighted by molar-refractivity contribution is 7.09. The zero-order valence-corrected chi connectivity index (χ0v) is 17.5. The van der Waals surface area contributed by atoms with Gasteiger partial charge in [-0.15, -0.1) is 11.3 Å². The molecule has 0 aliphatic heterocycles. The fraction of sp³-hybridized carbons (Fsp3) is 0.167. The van der Waals surface area contributed by atoms with Gasteiger partial charge in [0.1, 0.15) is 12.4 Å². The molecule has 2 heterocycles. The van der Waals surface area contributed by atoms with Crippen molar-refractivity contribution in [2.24, 2.45) is 0 Å². The van der Waals surface area contributed by atoms with Gasteiger partial charge in [-0.2, -0.15) is 0 Å². The highest BCUT2D eigenvalue weighted by Gasteiger charge is 2.03. The van der Waals surface area contributed by atoms with Gasteiger partial charge in [0.15, 0.2) is 0 Å². The van der Waals surface area contributed by atoms with Gasteiger partial charge in [0.05, 0.1) is 10.7 Å². The molecule has 0 atom stereocenters. The maximum atomic E-state index is 12.1. The third-order valence-electron chi connectivity index (χ3n) is 4.73. The van der Waals surface area contributed by atoms with Crippen LogP contribution in [0.5, 0.6) is 5.75 Å². The second kappa shape index (κ2) is 9.41. The number of thiazole rings is 1. The number of hydrogen-bond donors (Lipinski definition) is 2. The van der Waals surface area contributed by atoms with Gasteiger partial charge in [-0.3, -0.25) is 4.79 Å². The second-order valence-corrected chi connectivity index (χ2v) is 8.01. The number of nitrogens with one attached hydrogen (secondary N) is 2. The number of rotatable bonds is 8. The molecule has 5 nitrogen and oxygen atoms in total. The predicted octanol–water partition coefficient (Wildman–Crippen LogP) is 4.88. The summed E-state index contributed by atoms with van der Waals surface area (Å²) in [6, 6.07) is 15.8. The largest absolute Gasteiger partial charge is 0.487 e. The molecule has 2 aromatic heterocycles. The first-order valence-corrected chi connectivity index (χ1v) is 10.7. The van der Waals surface area contributed by atoms with Gasteiger partial charge in [-0.25, -0.2) is 4.98 Å². The van der Waals surface area contributed by atoms with Crippen molar-refractivity contribution in [2.45, 2.75) is 20.0 Å². The minimum absolute atomic E-state index is 0.103. The molecule has 0 saturated carbocycles. The minimum Gasteiger partial charge on any atom is -0.487 e. The van der Waals surface area contributed by atoms with E-state index in [1.807, 2.05) is 54.9 Å². The normalized spacial score (nSPS) is 11.2. The first-order valence-electron chi connectivity index (χ1n) is 9.82. The van der Waals surface area contributed by atoms with Crippen LogP contribution in [-0.2, 0) is 17.8 Å². The molecule has 0 unspecified atom stereocenters. The quantitative estimate of drug-likeness (QED) is 0.401. The van der Waals surface area contributed by atoms with E-state index in [0.717, 1.165) is 34.0 Å². The van der Waals surface area contributed by atoms with Crippen LogP contribution in [-0.4, -0.2) is 22.4 Å². The number of carbonyl (C=O) groups is 1. The number of ether oxygens (including phenoxy) is 1. The summed E-state index contributed by atoms with van der Waals surface area (Å²) in [5.41, 5.74) is 4.20. The second-order valence-electron chi connectivity index (χ2n) is 6.95. The summed E-state index contributed by atoms with van der Waals surface area (Å²) >= 11 is 1.62. The van der Waals surface area contributed by atoms with Crippen molar-refractivity contribution in [1.29, 1.82) is 0 Å². The third-order valence-corrected chi connectivity index (χ3v) is 5.55. The molecule has 0 aliphatic carbocycles. The summed E-state index contributed by atoms with van der Waals surface area (Å²) in [5, 5.41) is 7.18. The first kappa shape index (κ1) is 19.9. The molecular weight excluding hydrogens is 394 g/mol. The lowest BCUT2D eigenvalue weighted by Crippen LogP contribution is -2.23. The van der Waals surface area contributed by atoms with E-state index in [4.69, 9.17) is 4.74 Å². The number of aryl methyl sites for hydroxylation is 1. The number of H-pyrrole nitrogens is 1. The molecule has 4 aromatic rings. The molecule has 0 fully saturated rings. The van der Waals surface area contributed by atoms with Crippen LogP contribution in [0.15, 0.2) is 66.2 Å². The molecule has 2 aromatic carbocycles. The summed E-state index contributed by atoms with van der Waals surface area (Å²) in [7, 11) is 0. The maximum absolute atomic E-state index is 12.1. The molecule has 0 aliphatic rings. The Morgan fingerprint density at radius 2 is 2.03 bits per heavy atom. The van der Waals surface area contributed by atoms with E-state index < -0.39 is 0 Å². The fourth-order valence-electron chi connectivity index (χ4n) is 3.20. The van der Waals surface area contributed by atoms with E-state index in [0.29, 0.717) is 13.2 Å². The Bertz CT molecular complexity index is 1160. The Kier molecular flexibility index (Phi) is 6.25. The van der Waals surface area contributed by atoms with Crippen molar-refractivity contribution in [3.63, 3.8) is 0 Å². The summed E-state index contributed by atoms with van der Waals surface area (Å²) in [6.07, 6.45) is 6.15. The number of aromatic amines is 1. The monoisotopic (exact) mass is 417 g/mol. The van der Waals surface area contributed by atoms with Crippen molar-refractivity contribution in [2.75, 3.05) is 6.54 Å². The lowest BCUT2D eigenvalue weighted by atomic mass is 10.1. The predicted molar refractivity (Wildman–Crippen MR) is 122 cm³/mol. The zero-order valence-electron chi connectivity index (χ0n) is 16.7. The van der Waals surface area contributed by atoms with Crippen molar-refractivity contribution in [3.05, 3.63) is 88.0 Å².